The van der Waals surface area contributed by atoms with Crippen LogP contribution in [0.25, 0.3) is 0 Å². The number of thiol groups is 1. The Hall–Kier alpha value is -2.75. The first-order chi connectivity index (χ1) is 19.1. The molecule has 0 aromatic heterocycles. The van der Waals surface area contributed by atoms with Gasteiger partial charge in [0.2, 0.25) is 0 Å². The summed E-state index contributed by atoms with van der Waals surface area (Å²) in [4.78, 5) is 17.0. The highest BCUT2D eigenvalue weighted by atomic mass is 32.2. The Labute approximate surface area is 236 Å². The Morgan fingerprint density at radius 2 is 1.43 bits per heavy atom. The fourth-order valence-corrected chi connectivity index (χ4v) is 10.2. The molecule has 4 fully saturated rings. The average molecular weight is 587 g/mol. The lowest BCUT2D eigenvalue weighted by molar-refractivity contribution is -0.178. The Kier molecular flexibility index (Phi) is 7.04. The van der Waals surface area contributed by atoms with Crippen LogP contribution in [0.3, 0.4) is 0 Å². The minimum absolute atomic E-state index is 0.218. The highest BCUT2D eigenvalue weighted by Crippen LogP contribution is 2.65. The van der Waals surface area contributed by atoms with Crippen LogP contribution in [0.1, 0.15) is 43.6 Å². The van der Waals surface area contributed by atoms with Crippen LogP contribution < -0.4 is 0 Å². The number of alkyl halides is 2. The largest absolute Gasteiger partial charge is 0.458 e. The summed E-state index contributed by atoms with van der Waals surface area (Å²) in [5.41, 5.74) is 0.382. The monoisotopic (exact) mass is 586 g/mol. The molecular weight excluding hydrogens is 554 g/mol. The number of carbonyl (C=O) groups is 1. The van der Waals surface area contributed by atoms with Crippen LogP contribution in [-0.2, 0) is 19.6 Å². The maximum atomic E-state index is 13.8. The first-order valence-corrected chi connectivity index (χ1v) is 16.4. The van der Waals surface area contributed by atoms with Gasteiger partial charge >= 0.3 is 21.3 Å². The van der Waals surface area contributed by atoms with Crippen molar-refractivity contribution in [2.24, 2.45) is 23.2 Å². The quantitative estimate of drug-likeness (QED) is 0.167. The molecule has 4 aliphatic rings. The first kappa shape index (κ1) is 27.4. The van der Waals surface area contributed by atoms with Gasteiger partial charge in [-0.05, 0) is 112 Å². The summed E-state index contributed by atoms with van der Waals surface area (Å²) in [5, 5.41) is -4.52. The molecule has 3 aromatic carbocycles. The van der Waals surface area contributed by atoms with Gasteiger partial charge in [0.25, 0.3) is 0 Å². The number of hydrogen-bond donors (Lipinski definition) is 2. The summed E-state index contributed by atoms with van der Waals surface area (Å²) in [5.74, 6) is 0.253. The number of rotatable bonds is 8. The summed E-state index contributed by atoms with van der Waals surface area (Å²) in [7, 11) is -6.42. The topological polar surface area (TPSA) is 80.7 Å². The number of carbonyl (C=O) groups excluding carboxylic acids is 1. The second-order valence-corrected chi connectivity index (χ2v) is 15.3. The van der Waals surface area contributed by atoms with Gasteiger partial charge in [0, 0.05) is 0 Å². The van der Waals surface area contributed by atoms with E-state index < -0.39 is 44.3 Å². The van der Waals surface area contributed by atoms with Crippen molar-refractivity contribution in [3.63, 3.8) is 0 Å². The molecule has 3 aromatic rings. The molecule has 9 heteroatoms. The van der Waals surface area contributed by atoms with Gasteiger partial charge in [-0.25, -0.2) is 0 Å². The normalized spacial score (nSPS) is 27.8. The van der Waals surface area contributed by atoms with Gasteiger partial charge in [-0.3, -0.25) is 9.35 Å². The van der Waals surface area contributed by atoms with E-state index in [1.807, 2.05) is 12.1 Å². The fraction of sp³-hybridized carbons (Fsp3) is 0.387. The number of benzene rings is 3. The van der Waals surface area contributed by atoms with Gasteiger partial charge < -0.3 is 4.74 Å². The van der Waals surface area contributed by atoms with Crippen LogP contribution in [0.5, 0.6) is 0 Å². The Balaban J connectivity index is 1.27. The van der Waals surface area contributed by atoms with Crippen LogP contribution >= 0.6 is 10.9 Å². The molecule has 0 saturated heterocycles. The third kappa shape index (κ3) is 4.97. The predicted octanol–water partition coefficient (Wildman–Crippen LogP) is 7.10. The molecule has 5 nitrogen and oxygen atoms in total. The standard InChI is InChI=1S/C31H32F2O5S2/c32-31(33,40(35,36)37)20-38-29(34)30-17-21-14-23(18-30)28(24(15-21)19-30)22-8-7-13-27(16-22)39(25-9-3-1-4-10-25)26-11-5-2-6-12-26/h1-13,16,21,23-24,28,39H,14-15,17-20H2,(H,35,36,37). The lowest BCUT2D eigenvalue weighted by Crippen LogP contribution is -2.54. The molecule has 4 bridgehead atoms. The van der Waals surface area contributed by atoms with E-state index in [-0.39, 0.29) is 17.8 Å². The molecule has 1 N–H and O–H groups in total. The van der Waals surface area contributed by atoms with Crippen molar-refractivity contribution in [1.82, 2.24) is 0 Å². The number of hydrogen-bond acceptors (Lipinski definition) is 4. The van der Waals surface area contributed by atoms with E-state index in [2.05, 4.69) is 72.8 Å². The molecule has 2 atom stereocenters. The van der Waals surface area contributed by atoms with E-state index in [4.69, 9.17) is 9.29 Å². The molecule has 212 valence electrons. The molecule has 0 amide bonds. The van der Waals surface area contributed by atoms with E-state index in [0.29, 0.717) is 25.2 Å². The fourth-order valence-electron chi connectivity index (χ4n) is 7.67. The summed E-state index contributed by atoms with van der Waals surface area (Å²) in [6.07, 6.45) is 3.62. The van der Waals surface area contributed by atoms with Gasteiger partial charge in [-0.2, -0.15) is 28.1 Å². The molecule has 0 spiro atoms. The van der Waals surface area contributed by atoms with Crippen LogP contribution in [-0.4, -0.2) is 30.8 Å². The van der Waals surface area contributed by atoms with Crippen molar-refractivity contribution in [3.8, 4) is 0 Å². The van der Waals surface area contributed by atoms with E-state index >= 15 is 0 Å². The van der Waals surface area contributed by atoms with E-state index in [9.17, 15) is 22.0 Å². The first-order valence-electron chi connectivity index (χ1n) is 13.6. The summed E-state index contributed by atoms with van der Waals surface area (Å²) in [6, 6.07) is 29.9. The molecule has 0 aliphatic heterocycles. The molecule has 0 heterocycles. The Morgan fingerprint density at radius 1 is 0.875 bits per heavy atom. The average Bonchev–Trinajstić information content (AvgIpc) is 2.92. The van der Waals surface area contributed by atoms with Gasteiger partial charge in [0.05, 0.1) is 5.41 Å². The number of ether oxygens (including phenoxy) is 1. The van der Waals surface area contributed by atoms with Gasteiger partial charge in [-0.1, -0.05) is 48.5 Å². The van der Waals surface area contributed by atoms with Gasteiger partial charge in [0.1, 0.15) is 0 Å². The number of halogens is 2. The third-order valence-corrected chi connectivity index (χ3v) is 12.3. The van der Waals surface area contributed by atoms with Crippen molar-refractivity contribution in [1.29, 1.82) is 0 Å². The van der Waals surface area contributed by atoms with Crippen molar-refractivity contribution in [2.75, 3.05) is 6.61 Å². The molecule has 40 heavy (non-hydrogen) atoms. The second-order valence-electron chi connectivity index (χ2n) is 11.6. The Morgan fingerprint density at radius 3 is 1.98 bits per heavy atom. The molecule has 4 saturated carbocycles. The SMILES string of the molecule is O=C(OCC(F)(F)S(=O)(=O)O)C12CC3CC(C1)C(c1cccc([SH](c4ccccc4)c4ccccc4)c1)C(C3)C2. The smallest absolute Gasteiger partial charge is 0.402 e. The summed E-state index contributed by atoms with van der Waals surface area (Å²) < 4.78 is 63.2. The molecule has 7 rings (SSSR count). The summed E-state index contributed by atoms with van der Waals surface area (Å²) >= 11 is 0. The lowest BCUT2D eigenvalue weighted by atomic mass is 9.45. The zero-order valence-electron chi connectivity index (χ0n) is 21.8. The zero-order chi connectivity index (χ0) is 28.1. The van der Waals surface area contributed by atoms with Crippen molar-refractivity contribution in [2.45, 2.75) is 58.0 Å². The number of esters is 1. The van der Waals surface area contributed by atoms with Gasteiger partial charge in [-0.15, -0.1) is 0 Å². The highest BCUT2D eigenvalue weighted by Gasteiger charge is 2.60. The van der Waals surface area contributed by atoms with E-state index in [0.717, 1.165) is 12.8 Å². The van der Waals surface area contributed by atoms with E-state index in [1.54, 1.807) is 0 Å². The minimum atomic E-state index is -5.66. The zero-order valence-corrected chi connectivity index (χ0v) is 23.5. The highest BCUT2D eigenvalue weighted by molar-refractivity contribution is 8.17. The molecule has 4 aliphatic carbocycles. The van der Waals surface area contributed by atoms with Crippen molar-refractivity contribution < 1.29 is 31.3 Å². The molecule has 0 radical (unpaired) electrons. The van der Waals surface area contributed by atoms with E-state index in [1.165, 1.54) is 20.2 Å². The summed E-state index contributed by atoms with van der Waals surface area (Å²) in [6.45, 7) is -1.67. The minimum Gasteiger partial charge on any atom is -0.458 e. The van der Waals surface area contributed by atoms with Gasteiger partial charge in [0.15, 0.2) is 6.61 Å². The second kappa shape index (κ2) is 10.3. The maximum absolute atomic E-state index is 13.8. The third-order valence-electron chi connectivity index (χ3n) is 9.00. The lowest BCUT2D eigenvalue weighted by Gasteiger charge is -2.59. The Bertz CT molecular complexity index is 1440. The maximum Gasteiger partial charge on any atom is 0.402 e. The van der Waals surface area contributed by atoms with Crippen molar-refractivity contribution in [3.05, 3.63) is 90.5 Å². The van der Waals surface area contributed by atoms with Crippen LogP contribution in [0, 0.1) is 23.2 Å². The predicted molar refractivity (Wildman–Crippen MR) is 149 cm³/mol. The van der Waals surface area contributed by atoms with Crippen LogP contribution in [0.4, 0.5) is 8.78 Å². The van der Waals surface area contributed by atoms with Crippen LogP contribution in [0.2, 0.25) is 0 Å². The van der Waals surface area contributed by atoms with Crippen molar-refractivity contribution >= 4 is 27.0 Å². The molecule has 2 unspecified atom stereocenters. The molecular formula is C31H32F2O5S2. The van der Waals surface area contributed by atoms with Crippen LogP contribution in [0.15, 0.2) is 99.6 Å².